The smallest absolute Gasteiger partial charge is 0.272 e. The van der Waals surface area contributed by atoms with Crippen molar-refractivity contribution in [1.82, 2.24) is 24.6 Å². The monoisotopic (exact) mass is 522 g/mol. The van der Waals surface area contributed by atoms with E-state index in [0.29, 0.717) is 37.4 Å². The lowest BCUT2D eigenvalue weighted by atomic mass is 9.84. The molecule has 36 heavy (non-hydrogen) atoms. The molecule has 2 N–H and O–H groups in total. The predicted molar refractivity (Wildman–Crippen MR) is 128 cm³/mol. The van der Waals surface area contributed by atoms with Gasteiger partial charge in [-0.05, 0) is 43.1 Å². The van der Waals surface area contributed by atoms with Crippen LogP contribution in [0.25, 0.3) is 10.9 Å². The number of likely N-dealkylation sites (tertiary alicyclic amines) is 1. The number of aliphatic hydroxyl groups excluding tert-OH is 1. The van der Waals surface area contributed by atoms with E-state index in [4.69, 9.17) is 16.3 Å². The first-order chi connectivity index (χ1) is 17.2. The molecule has 2 aromatic heterocycles. The molecule has 6 rings (SSSR count). The van der Waals surface area contributed by atoms with Gasteiger partial charge in [0, 0.05) is 30.5 Å². The van der Waals surface area contributed by atoms with E-state index in [1.165, 1.54) is 6.20 Å². The van der Waals surface area contributed by atoms with Crippen molar-refractivity contribution in [3.63, 3.8) is 0 Å². The zero-order valence-corrected chi connectivity index (χ0v) is 20.3. The molecule has 0 radical (unpaired) electrons. The topological polar surface area (TPSA) is 88.3 Å². The Kier molecular flexibility index (Phi) is 5.86. The second-order valence-electron chi connectivity index (χ2n) is 9.94. The third-order valence-electron chi connectivity index (χ3n) is 7.50. The summed E-state index contributed by atoms with van der Waals surface area (Å²) in [6, 6.07) is 2.65. The summed E-state index contributed by atoms with van der Waals surface area (Å²) in [5.41, 5.74) is 2.83. The SMILES string of the molecule is Cc1cc2cnc(Nc3cnn(C4CC4(F)F)c3Cl)nc2cc1[C@H]1CCN([C@H]2COC[C@H]2O)C[C@@H]1F. The first kappa shape index (κ1) is 23.9. The van der Waals surface area contributed by atoms with Crippen molar-refractivity contribution in [3.05, 3.63) is 40.8 Å². The van der Waals surface area contributed by atoms with Crippen molar-refractivity contribution in [3.8, 4) is 0 Å². The highest BCUT2D eigenvalue weighted by Crippen LogP contribution is 2.53. The van der Waals surface area contributed by atoms with E-state index in [0.717, 1.165) is 21.2 Å². The van der Waals surface area contributed by atoms with Crippen LogP contribution in [-0.2, 0) is 4.74 Å². The summed E-state index contributed by atoms with van der Waals surface area (Å²) in [7, 11) is 0. The molecule has 0 bridgehead atoms. The lowest BCUT2D eigenvalue weighted by Crippen LogP contribution is -2.50. The Morgan fingerprint density at radius 3 is 2.75 bits per heavy atom. The van der Waals surface area contributed by atoms with Crippen LogP contribution in [0.3, 0.4) is 0 Å². The van der Waals surface area contributed by atoms with Gasteiger partial charge in [-0.2, -0.15) is 5.10 Å². The van der Waals surface area contributed by atoms with Gasteiger partial charge in [-0.15, -0.1) is 0 Å². The van der Waals surface area contributed by atoms with E-state index in [1.54, 1.807) is 6.20 Å². The van der Waals surface area contributed by atoms with E-state index >= 15 is 4.39 Å². The summed E-state index contributed by atoms with van der Waals surface area (Å²) in [6.07, 6.45) is 1.69. The van der Waals surface area contributed by atoms with Gasteiger partial charge >= 0.3 is 0 Å². The molecule has 2 saturated heterocycles. The van der Waals surface area contributed by atoms with E-state index < -0.39 is 24.2 Å². The number of nitrogens with zero attached hydrogens (tertiary/aromatic N) is 5. The van der Waals surface area contributed by atoms with E-state index in [2.05, 4.69) is 20.4 Å². The minimum atomic E-state index is -2.80. The molecule has 5 atom stereocenters. The number of ether oxygens (including phenoxy) is 1. The average molecular weight is 523 g/mol. The van der Waals surface area contributed by atoms with Crippen LogP contribution < -0.4 is 5.32 Å². The molecular formula is C24H26ClF3N6O2. The number of aliphatic hydroxyl groups is 1. The molecule has 1 saturated carbocycles. The first-order valence-corrected chi connectivity index (χ1v) is 12.4. The number of aromatic nitrogens is 4. The molecule has 3 aromatic rings. The molecule has 2 aliphatic heterocycles. The van der Waals surface area contributed by atoms with Gasteiger partial charge in [-0.3, -0.25) is 4.90 Å². The molecule has 1 aromatic carbocycles. The molecule has 8 nitrogen and oxygen atoms in total. The van der Waals surface area contributed by atoms with Crippen LogP contribution in [0, 0.1) is 6.92 Å². The third-order valence-corrected chi connectivity index (χ3v) is 7.88. The number of benzene rings is 1. The minimum absolute atomic E-state index is 0.0651. The Morgan fingerprint density at radius 1 is 1.25 bits per heavy atom. The maximum Gasteiger partial charge on any atom is 0.272 e. The molecule has 12 heteroatoms. The number of fused-ring (bicyclic) bond motifs is 1. The van der Waals surface area contributed by atoms with E-state index in [9.17, 15) is 13.9 Å². The molecule has 0 amide bonds. The fourth-order valence-corrected chi connectivity index (χ4v) is 5.62. The fourth-order valence-electron chi connectivity index (χ4n) is 5.36. The summed E-state index contributed by atoms with van der Waals surface area (Å²) in [6.45, 7) is 3.59. The van der Waals surface area contributed by atoms with Crippen LogP contribution in [0.2, 0.25) is 5.15 Å². The molecule has 4 heterocycles. The fraction of sp³-hybridized carbons (Fsp3) is 0.542. The van der Waals surface area contributed by atoms with Gasteiger partial charge < -0.3 is 15.2 Å². The molecular weight excluding hydrogens is 497 g/mol. The zero-order valence-electron chi connectivity index (χ0n) is 19.5. The van der Waals surface area contributed by atoms with Crippen molar-refractivity contribution < 1.29 is 23.0 Å². The lowest BCUT2D eigenvalue weighted by Gasteiger charge is -2.39. The zero-order chi connectivity index (χ0) is 25.2. The molecule has 0 spiro atoms. The van der Waals surface area contributed by atoms with Crippen LogP contribution in [0.4, 0.5) is 24.8 Å². The number of halogens is 4. The van der Waals surface area contributed by atoms with Gasteiger partial charge in [-0.1, -0.05) is 11.6 Å². The number of aryl methyl sites for hydroxylation is 1. The second kappa shape index (κ2) is 8.83. The standard InChI is InChI=1S/C24H26ClF3N6O2/c1-12-4-13-7-29-23(32-18-8-30-34(22(18)25)21-6-24(21,27)28)31-17(13)5-15(12)14-2-3-33(9-16(14)26)19-10-36-11-20(19)35/h4-5,7-8,14,16,19-21,35H,2-3,6,9-11H2,1H3,(H,29,31,32)/t14-,16+,19+,20-,21?/m1/s1. The van der Waals surface area contributed by atoms with Crippen molar-refractivity contribution in [2.45, 2.75) is 56.0 Å². The second-order valence-corrected chi connectivity index (χ2v) is 10.3. The summed E-state index contributed by atoms with van der Waals surface area (Å²) in [4.78, 5) is 10.9. The maximum absolute atomic E-state index is 15.4. The molecule has 192 valence electrons. The third kappa shape index (κ3) is 4.21. The van der Waals surface area contributed by atoms with Crippen LogP contribution >= 0.6 is 11.6 Å². The Balaban J connectivity index is 1.22. The predicted octanol–water partition coefficient (Wildman–Crippen LogP) is 4.00. The summed E-state index contributed by atoms with van der Waals surface area (Å²) in [5, 5.41) is 17.9. The number of hydrogen-bond acceptors (Lipinski definition) is 7. The first-order valence-electron chi connectivity index (χ1n) is 12.0. The summed E-state index contributed by atoms with van der Waals surface area (Å²) in [5.74, 6) is -2.84. The van der Waals surface area contributed by atoms with Crippen LogP contribution in [0.5, 0.6) is 0 Å². The molecule has 1 unspecified atom stereocenters. The van der Waals surface area contributed by atoms with Crippen molar-refractivity contribution >= 4 is 34.1 Å². The quantitative estimate of drug-likeness (QED) is 0.523. The maximum atomic E-state index is 15.4. The highest BCUT2D eigenvalue weighted by atomic mass is 35.5. The number of nitrogens with one attached hydrogen (secondary N) is 1. The van der Waals surface area contributed by atoms with Crippen molar-refractivity contribution in [2.75, 3.05) is 31.6 Å². The largest absolute Gasteiger partial charge is 0.389 e. The van der Waals surface area contributed by atoms with Crippen LogP contribution in [-0.4, -0.2) is 80.3 Å². The molecule has 1 aliphatic carbocycles. The van der Waals surface area contributed by atoms with Gasteiger partial charge in [0.05, 0.1) is 42.8 Å². The highest BCUT2D eigenvalue weighted by molar-refractivity contribution is 6.32. The Morgan fingerprint density at radius 2 is 2.06 bits per heavy atom. The highest BCUT2D eigenvalue weighted by Gasteiger charge is 2.59. The minimum Gasteiger partial charge on any atom is -0.389 e. The number of rotatable bonds is 5. The summed E-state index contributed by atoms with van der Waals surface area (Å²) >= 11 is 6.27. The Labute approximate surface area is 210 Å². The normalized spacial score (nSPS) is 30.1. The number of piperidine rings is 1. The van der Waals surface area contributed by atoms with Gasteiger partial charge in [0.1, 0.15) is 12.2 Å². The average Bonchev–Trinajstić information content (AvgIpc) is 3.12. The molecule has 3 aliphatic rings. The summed E-state index contributed by atoms with van der Waals surface area (Å²) < 4.78 is 48.7. The van der Waals surface area contributed by atoms with E-state index in [-0.39, 0.29) is 36.0 Å². The number of anilines is 2. The number of hydrogen-bond donors (Lipinski definition) is 2. The molecule has 3 fully saturated rings. The number of alkyl halides is 3. The van der Waals surface area contributed by atoms with E-state index in [1.807, 2.05) is 24.0 Å². The van der Waals surface area contributed by atoms with Crippen LogP contribution in [0.15, 0.2) is 24.5 Å². The van der Waals surface area contributed by atoms with Crippen molar-refractivity contribution in [1.29, 1.82) is 0 Å². The van der Waals surface area contributed by atoms with Gasteiger partial charge in [0.25, 0.3) is 5.92 Å². The van der Waals surface area contributed by atoms with Crippen LogP contribution in [0.1, 0.15) is 35.9 Å². The Bertz CT molecular complexity index is 1310. The van der Waals surface area contributed by atoms with Gasteiger partial charge in [0.15, 0.2) is 5.15 Å². The Hall–Kier alpha value is -2.47. The lowest BCUT2D eigenvalue weighted by molar-refractivity contribution is 0.0352. The van der Waals surface area contributed by atoms with Crippen molar-refractivity contribution in [2.24, 2.45) is 0 Å². The van der Waals surface area contributed by atoms with Gasteiger partial charge in [-0.25, -0.2) is 27.8 Å². The van der Waals surface area contributed by atoms with Gasteiger partial charge in [0.2, 0.25) is 5.95 Å².